The van der Waals surface area contributed by atoms with Crippen LogP contribution in [0.15, 0.2) is 42.5 Å². The van der Waals surface area contributed by atoms with Crippen LogP contribution in [0.5, 0.6) is 17.2 Å². The molecule has 8 nitrogen and oxygen atoms in total. The van der Waals surface area contributed by atoms with Crippen molar-refractivity contribution in [1.29, 1.82) is 0 Å². The standard InChI is InChI=1S/C22H25NO7/c1-4-12-29-18-11-10-15(13-19(18)28-5-2)22(26)30-14-20(24)23-21(25)16-8-6-7-9-17(16)27-3/h6-11,13H,4-5,12,14H2,1-3H3,(H,23,24,25). The molecule has 0 aliphatic heterocycles. The van der Waals surface area contributed by atoms with Crippen LogP contribution in [0.1, 0.15) is 41.0 Å². The average Bonchev–Trinajstić information content (AvgIpc) is 2.76. The van der Waals surface area contributed by atoms with Crippen molar-refractivity contribution in [2.24, 2.45) is 0 Å². The summed E-state index contributed by atoms with van der Waals surface area (Å²) in [5, 5.41) is 2.16. The molecule has 0 saturated heterocycles. The molecule has 0 aliphatic carbocycles. The molecule has 0 unspecified atom stereocenters. The lowest BCUT2D eigenvalue weighted by atomic mass is 10.2. The summed E-state index contributed by atoms with van der Waals surface area (Å²) in [7, 11) is 1.42. The van der Waals surface area contributed by atoms with Gasteiger partial charge in [0.05, 0.1) is 31.5 Å². The molecular weight excluding hydrogens is 390 g/mol. The smallest absolute Gasteiger partial charge is 0.338 e. The predicted molar refractivity (Wildman–Crippen MR) is 109 cm³/mol. The van der Waals surface area contributed by atoms with Crippen molar-refractivity contribution in [3.63, 3.8) is 0 Å². The molecule has 0 aromatic heterocycles. The Morgan fingerprint density at radius 3 is 2.40 bits per heavy atom. The van der Waals surface area contributed by atoms with E-state index in [1.807, 2.05) is 13.8 Å². The highest BCUT2D eigenvalue weighted by atomic mass is 16.5. The summed E-state index contributed by atoms with van der Waals surface area (Å²) >= 11 is 0. The van der Waals surface area contributed by atoms with Crippen molar-refractivity contribution in [3.05, 3.63) is 53.6 Å². The fourth-order valence-corrected chi connectivity index (χ4v) is 2.51. The highest BCUT2D eigenvalue weighted by Crippen LogP contribution is 2.29. The summed E-state index contributed by atoms with van der Waals surface area (Å²) in [4.78, 5) is 36.5. The molecule has 0 saturated carbocycles. The number of amides is 2. The first-order valence-corrected chi connectivity index (χ1v) is 9.54. The lowest BCUT2D eigenvalue weighted by Crippen LogP contribution is -2.34. The molecule has 1 N–H and O–H groups in total. The van der Waals surface area contributed by atoms with Gasteiger partial charge in [-0.1, -0.05) is 19.1 Å². The monoisotopic (exact) mass is 415 g/mol. The summed E-state index contributed by atoms with van der Waals surface area (Å²) in [6, 6.07) is 11.1. The molecule has 2 aromatic carbocycles. The number of rotatable bonds is 10. The molecular formula is C22H25NO7. The van der Waals surface area contributed by atoms with Gasteiger partial charge in [0.15, 0.2) is 18.1 Å². The first-order valence-electron chi connectivity index (χ1n) is 9.54. The van der Waals surface area contributed by atoms with Crippen LogP contribution in [0, 0.1) is 0 Å². The number of methoxy groups -OCH3 is 1. The molecule has 30 heavy (non-hydrogen) atoms. The number of para-hydroxylation sites is 1. The van der Waals surface area contributed by atoms with Crippen molar-refractivity contribution < 1.29 is 33.3 Å². The molecule has 160 valence electrons. The highest BCUT2D eigenvalue weighted by Gasteiger charge is 2.17. The third-order valence-corrected chi connectivity index (χ3v) is 3.88. The van der Waals surface area contributed by atoms with E-state index in [-0.39, 0.29) is 11.1 Å². The van der Waals surface area contributed by atoms with Gasteiger partial charge in [0.2, 0.25) is 0 Å². The van der Waals surface area contributed by atoms with Gasteiger partial charge in [0, 0.05) is 0 Å². The van der Waals surface area contributed by atoms with E-state index in [0.717, 1.165) is 6.42 Å². The predicted octanol–water partition coefficient (Wildman–Crippen LogP) is 3.00. The second kappa shape index (κ2) is 11.5. The average molecular weight is 415 g/mol. The molecule has 0 aliphatic rings. The van der Waals surface area contributed by atoms with Gasteiger partial charge in [0.1, 0.15) is 5.75 Å². The van der Waals surface area contributed by atoms with Crippen LogP contribution >= 0.6 is 0 Å². The van der Waals surface area contributed by atoms with Crippen LogP contribution in [-0.4, -0.2) is 44.7 Å². The second-order valence-corrected chi connectivity index (χ2v) is 6.10. The third kappa shape index (κ3) is 6.23. The number of nitrogens with one attached hydrogen (secondary N) is 1. The van der Waals surface area contributed by atoms with Crippen molar-refractivity contribution in [3.8, 4) is 17.2 Å². The van der Waals surface area contributed by atoms with Crippen LogP contribution in [0.2, 0.25) is 0 Å². The van der Waals surface area contributed by atoms with Crippen molar-refractivity contribution in [2.45, 2.75) is 20.3 Å². The number of ether oxygens (including phenoxy) is 4. The minimum absolute atomic E-state index is 0.198. The maximum atomic E-state index is 12.3. The molecule has 0 radical (unpaired) electrons. The van der Waals surface area contributed by atoms with Crippen LogP contribution in [0.25, 0.3) is 0 Å². The summed E-state index contributed by atoms with van der Waals surface area (Å²) in [6.07, 6.45) is 0.831. The Hall–Kier alpha value is -3.55. The number of benzene rings is 2. The Morgan fingerprint density at radius 2 is 1.70 bits per heavy atom. The summed E-state index contributed by atoms with van der Waals surface area (Å²) < 4.78 is 21.2. The van der Waals surface area contributed by atoms with Crippen LogP contribution in [-0.2, 0) is 9.53 Å². The maximum Gasteiger partial charge on any atom is 0.338 e. The van der Waals surface area contributed by atoms with E-state index < -0.39 is 24.4 Å². The Balaban J connectivity index is 1.96. The van der Waals surface area contributed by atoms with E-state index in [4.69, 9.17) is 18.9 Å². The number of carbonyl (C=O) groups is 3. The quantitative estimate of drug-likeness (QED) is 0.596. The maximum absolute atomic E-state index is 12.3. The second-order valence-electron chi connectivity index (χ2n) is 6.10. The van der Waals surface area contributed by atoms with Gasteiger partial charge < -0.3 is 18.9 Å². The highest BCUT2D eigenvalue weighted by molar-refractivity contribution is 6.07. The molecule has 2 aromatic rings. The first kappa shape index (κ1) is 22.7. The van der Waals surface area contributed by atoms with E-state index in [0.29, 0.717) is 30.5 Å². The lowest BCUT2D eigenvalue weighted by molar-refractivity contribution is -0.123. The normalized spacial score (nSPS) is 10.1. The molecule has 0 heterocycles. The summed E-state index contributed by atoms with van der Waals surface area (Å²) in [5.41, 5.74) is 0.398. The van der Waals surface area contributed by atoms with Gasteiger partial charge in [-0.2, -0.15) is 0 Å². The van der Waals surface area contributed by atoms with E-state index >= 15 is 0 Å². The van der Waals surface area contributed by atoms with E-state index in [1.165, 1.54) is 25.3 Å². The molecule has 0 atom stereocenters. The topological polar surface area (TPSA) is 100 Å². The minimum atomic E-state index is -0.757. The van der Waals surface area contributed by atoms with Crippen LogP contribution < -0.4 is 19.5 Å². The van der Waals surface area contributed by atoms with E-state index in [1.54, 1.807) is 24.3 Å². The van der Waals surface area contributed by atoms with Crippen molar-refractivity contribution in [1.82, 2.24) is 5.32 Å². The molecule has 2 rings (SSSR count). The fourth-order valence-electron chi connectivity index (χ4n) is 2.51. The van der Waals surface area contributed by atoms with Crippen LogP contribution in [0.3, 0.4) is 0 Å². The Kier molecular flexibility index (Phi) is 8.68. The zero-order chi connectivity index (χ0) is 21.9. The minimum Gasteiger partial charge on any atom is -0.496 e. The van der Waals surface area contributed by atoms with Gasteiger partial charge >= 0.3 is 5.97 Å². The Morgan fingerprint density at radius 1 is 0.933 bits per heavy atom. The molecule has 0 fully saturated rings. The molecule has 8 heteroatoms. The summed E-state index contributed by atoms with van der Waals surface area (Å²) in [5.74, 6) is -0.866. The van der Waals surface area contributed by atoms with Gasteiger partial charge in [-0.25, -0.2) is 4.79 Å². The third-order valence-electron chi connectivity index (χ3n) is 3.88. The van der Waals surface area contributed by atoms with Crippen molar-refractivity contribution >= 4 is 17.8 Å². The summed E-state index contributed by atoms with van der Waals surface area (Å²) in [6.45, 7) is 4.10. The van der Waals surface area contributed by atoms with Gasteiger partial charge in [0.25, 0.3) is 11.8 Å². The fraction of sp³-hybridized carbons (Fsp3) is 0.318. The number of hydrogen-bond acceptors (Lipinski definition) is 7. The Bertz CT molecular complexity index is 895. The number of imide groups is 1. The van der Waals surface area contributed by atoms with Crippen molar-refractivity contribution in [2.75, 3.05) is 26.9 Å². The largest absolute Gasteiger partial charge is 0.496 e. The lowest BCUT2D eigenvalue weighted by Gasteiger charge is -2.13. The molecule has 0 spiro atoms. The zero-order valence-electron chi connectivity index (χ0n) is 17.2. The van der Waals surface area contributed by atoms with Crippen LogP contribution in [0.4, 0.5) is 0 Å². The zero-order valence-corrected chi connectivity index (χ0v) is 17.2. The van der Waals surface area contributed by atoms with E-state index in [9.17, 15) is 14.4 Å². The van der Waals surface area contributed by atoms with Gasteiger partial charge in [-0.3, -0.25) is 14.9 Å². The number of esters is 1. The van der Waals surface area contributed by atoms with E-state index in [2.05, 4.69) is 5.32 Å². The Labute approximate surface area is 175 Å². The first-order chi connectivity index (χ1) is 14.5. The molecule has 2 amide bonds. The number of carbonyl (C=O) groups excluding carboxylic acids is 3. The SMILES string of the molecule is CCCOc1ccc(C(=O)OCC(=O)NC(=O)c2ccccc2OC)cc1OCC. The number of hydrogen-bond donors (Lipinski definition) is 1. The molecule has 0 bridgehead atoms. The van der Waals surface area contributed by atoms with Gasteiger partial charge in [-0.05, 0) is 43.7 Å². The van der Waals surface area contributed by atoms with Gasteiger partial charge in [-0.15, -0.1) is 0 Å².